The van der Waals surface area contributed by atoms with Crippen molar-refractivity contribution in [2.45, 2.75) is 288 Å². The van der Waals surface area contributed by atoms with E-state index in [0.29, 0.717) is 6.42 Å². The van der Waals surface area contributed by atoms with E-state index in [4.69, 9.17) is 9.47 Å². The second kappa shape index (κ2) is 52.5. The van der Waals surface area contributed by atoms with Gasteiger partial charge in [-0.25, -0.2) is 0 Å². The van der Waals surface area contributed by atoms with E-state index in [2.05, 4.69) is 104 Å². The largest absolute Gasteiger partial charge is 0.394 e. The summed E-state index contributed by atoms with van der Waals surface area (Å²) in [6, 6.07) is -0.835. The SMILES string of the molecule is CC/C=C\C/C=C\C/C=C\C/C=C\C/C=C\CCCCCCCCCCCCCCCC(=O)NC(COC1OC(CO)C(O)C(O)C1O)C(O)/C=C/CC/C=C/CC/C=C/CCCCCCCCCCCCC. The quantitative estimate of drug-likeness (QED) is 0.0261. The fraction of sp³-hybridized carbons (Fsp3) is 0.734. The number of hydrogen-bond donors (Lipinski definition) is 6. The van der Waals surface area contributed by atoms with Crippen LogP contribution in [0, 0.1) is 0 Å². The molecule has 0 radical (unpaired) electrons. The lowest BCUT2D eigenvalue weighted by Gasteiger charge is -2.40. The summed E-state index contributed by atoms with van der Waals surface area (Å²) < 4.78 is 11.3. The summed E-state index contributed by atoms with van der Waals surface area (Å²) in [6.45, 7) is 3.65. The Morgan fingerprint density at radius 2 is 0.863 bits per heavy atom. The highest BCUT2D eigenvalue weighted by atomic mass is 16.7. The molecule has 0 bridgehead atoms. The minimum Gasteiger partial charge on any atom is -0.394 e. The second-order valence-electron chi connectivity index (χ2n) is 20.4. The molecular weight excluding hydrogens is 911 g/mol. The molecule has 1 aliphatic heterocycles. The van der Waals surface area contributed by atoms with Gasteiger partial charge in [0.2, 0.25) is 5.91 Å². The molecule has 0 aliphatic carbocycles. The molecule has 0 aromatic carbocycles. The normalized spacial score (nSPS) is 19.8. The van der Waals surface area contributed by atoms with Crippen molar-refractivity contribution in [1.29, 1.82) is 0 Å². The van der Waals surface area contributed by atoms with Crippen LogP contribution in [0.1, 0.15) is 245 Å². The average Bonchev–Trinajstić information content (AvgIpc) is 3.39. The molecule has 1 fully saturated rings. The molecule has 420 valence electrons. The second-order valence-corrected chi connectivity index (χ2v) is 20.4. The average molecular weight is 1020 g/mol. The van der Waals surface area contributed by atoms with Crippen LogP contribution in [0.3, 0.4) is 0 Å². The first-order chi connectivity index (χ1) is 35.8. The van der Waals surface area contributed by atoms with Crippen LogP contribution >= 0.6 is 0 Å². The van der Waals surface area contributed by atoms with Crippen LogP contribution in [0.4, 0.5) is 0 Å². The highest BCUT2D eigenvalue weighted by Crippen LogP contribution is 2.23. The number of ether oxygens (including phenoxy) is 2. The van der Waals surface area contributed by atoms with Gasteiger partial charge in [-0.1, -0.05) is 246 Å². The van der Waals surface area contributed by atoms with Crippen molar-refractivity contribution in [1.82, 2.24) is 5.32 Å². The molecule has 9 heteroatoms. The van der Waals surface area contributed by atoms with Crippen LogP contribution in [0.15, 0.2) is 97.2 Å². The summed E-state index contributed by atoms with van der Waals surface area (Å²) in [5.74, 6) is -0.195. The van der Waals surface area contributed by atoms with Gasteiger partial charge < -0.3 is 40.3 Å². The monoisotopic (exact) mass is 1020 g/mol. The van der Waals surface area contributed by atoms with Crippen LogP contribution in [0.25, 0.3) is 0 Å². The van der Waals surface area contributed by atoms with Crippen LogP contribution < -0.4 is 5.32 Å². The number of aliphatic hydroxyl groups is 5. The maximum absolute atomic E-state index is 13.1. The molecule has 1 aliphatic rings. The zero-order valence-electron chi connectivity index (χ0n) is 46.6. The lowest BCUT2D eigenvalue weighted by molar-refractivity contribution is -0.302. The zero-order chi connectivity index (χ0) is 52.9. The van der Waals surface area contributed by atoms with Gasteiger partial charge in [-0.3, -0.25) is 4.79 Å². The van der Waals surface area contributed by atoms with Gasteiger partial charge in [0, 0.05) is 6.42 Å². The Balaban J connectivity index is 2.24. The first-order valence-electron chi connectivity index (χ1n) is 30.0. The molecule has 0 aromatic heterocycles. The number of allylic oxidation sites excluding steroid dienone is 15. The standard InChI is InChI=1S/C64H111NO8/c1-3-5-7-9-11-13-15-17-19-21-23-25-26-27-28-29-30-31-32-34-36-38-40-42-44-46-48-50-52-54-60(68)65-57(56-72-64-63(71)62(70)61(69)59(55-66)73-64)58(67)53-51-49-47-45-43-41-39-37-35-33-24-22-20-18-16-14-12-10-8-6-4-2/h5,7,11,13,17,19,23,25,27-28,35,37,43,45,51,53,57-59,61-64,66-67,69-71H,3-4,6,8-10,12,14-16,18,20-22,24,26,29-34,36,38-42,44,46-50,52,54-56H2,1-2H3,(H,65,68)/b7-5-,13-11-,19-17-,25-23-,28-27-,37-35+,45-43+,53-51+. The molecule has 1 heterocycles. The van der Waals surface area contributed by atoms with Gasteiger partial charge in [-0.15, -0.1) is 0 Å². The zero-order valence-corrected chi connectivity index (χ0v) is 46.6. The Hall–Kier alpha value is -2.89. The van der Waals surface area contributed by atoms with E-state index in [-0.39, 0.29) is 12.5 Å². The molecule has 1 amide bonds. The molecule has 0 aromatic rings. The van der Waals surface area contributed by atoms with Gasteiger partial charge in [-0.2, -0.15) is 0 Å². The molecule has 9 nitrogen and oxygen atoms in total. The summed E-state index contributed by atoms with van der Waals surface area (Å²) in [5, 5.41) is 54.5. The highest BCUT2D eigenvalue weighted by molar-refractivity contribution is 5.76. The van der Waals surface area contributed by atoms with Gasteiger partial charge in [0.25, 0.3) is 0 Å². The minimum atomic E-state index is -1.58. The number of unbranched alkanes of at least 4 members (excludes halogenated alkanes) is 26. The lowest BCUT2D eigenvalue weighted by Crippen LogP contribution is -2.60. The third-order valence-electron chi connectivity index (χ3n) is 13.6. The Labute approximate surface area is 447 Å². The Morgan fingerprint density at radius 1 is 0.479 bits per heavy atom. The van der Waals surface area contributed by atoms with Crippen molar-refractivity contribution in [3.05, 3.63) is 97.2 Å². The highest BCUT2D eigenvalue weighted by Gasteiger charge is 2.44. The molecule has 7 atom stereocenters. The van der Waals surface area contributed by atoms with Crippen LogP contribution in [-0.4, -0.2) is 87.5 Å². The summed E-state index contributed by atoms with van der Waals surface area (Å²) in [6.07, 6.45) is 69.0. The van der Waals surface area contributed by atoms with E-state index >= 15 is 0 Å². The van der Waals surface area contributed by atoms with Gasteiger partial charge in [0.15, 0.2) is 6.29 Å². The number of carbonyl (C=O) groups excluding carboxylic acids is 1. The molecule has 1 rings (SSSR count). The van der Waals surface area contributed by atoms with Crippen molar-refractivity contribution >= 4 is 5.91 Å². The number of carbonyl (C=O) groups is 1. The fourth-order valence-corrected chi connectivity index (χ4v) is 8.92. The maximum atomic E-state index is 13.1. The molecule has 0 spiro atoms. The predicted octanol–water partition coefficient (Wildman–Crippen LogP) is 15.2. The smallest absolute Gasteiger partial charge is 0.220 e. The fourth-order valence-electron chi connectivity index (χ4n) is 8.92. The summed E-state index contributed by atoms with van der Waals surface area (Å²) in [4.78, 5) is 13.1. The van der Waals surface area contributed by atoms with Crippen LogP contribution in [0.5, 0.6) is 0 Å². The van der Waals surface area contributed by atoms with Crippen molar-refractivity contribution in [3.8, 4) is 0 Å². The van der Waals surface area contributed by atoms with Crippen molar-refractivity contribution in [3.63, 3.8) is 0 Å². The van der Waals surface area contributed by atoms with Gasteiger partial charge in [0.05, 0.1) is 25.4 Å². The maximum Gasteiger partial charge on any atom is 0.220 e. The predicted molar refractivity (Wildman–Crippen MR) is 308 cm³/mol. The number of amides is 1. The van der Waals surface area contributed by atoms with E-state index in [0.717, 1.165) is 77.0 Å². The number of nitrogens with one attached hydrogen (secondary N) is 1. The minimum absolute atomic E-state index is 0.195. The number of hydrogen-bond acceptors (Lipinski definition) is 8. The lowest BCUT2D eigenvalue weighted by atomic mass is 9.99. The van der Waals surface area contributed by atoms with E-state index < -0.39 is 49.5 Å². The van der Waals surface area contributed by atoms with Gasteiger partial charge in [-0.05, 0) is 89.9 Å². The first-order valence-corrected chi connectivity index (χ1v) is 30.0. The van der Waals surface area contributed by atoms with E-state index in [9.17, 15) is 30.3 Å². The number of aliphatic hydroxyl groups excluding tert-OH is 5. The van der Waals surface area contributed by atoms with Crippen LogP contribution in [-0.2, 0) is 14.3 Å². The van der Waals surface area contributed by atoms with Crippen molar-refractivity contribution in [2.75, 3.05) is 13.2 Å². The molecule has 6 N–H and O–H groups in total. The Bertz CT molecular complexity index is 1460. The summed E-state index contributed by atoms with van der Waals surface area (Å²) in [5.41, 5.74) is 0. The molecular formula is C64H111NO8. The third kappa shape index (κ3) is 42.0. The van der Waals surface area contributed by atoms with E-state index in [1.54, 1.807) is 6.08 Å². The Morgan fingerprint density at radius 3 is 1.32 bits per heavy atom. The molecule has 73 heavy (non-hydrogen) atoms. The van der Waals surface area contributed by atoms with E-state index in [1.165, 1.54) is 148 Å². The van der Waals surface area contributed by atoms with Crippen LogP contribution in [0.2, 0.25) is 0 Å². The van der Waals surface area contributed by atoms with Crippen molar-refractivity contribution in [2.24, 2.45) is 0 Å². The third-order valence-corrected chi connectivity index (χ3v) is 13.6. The first kappa shape index (κ1) is 68.1. The summed E-state index contributed by atoms with van der Waals surface area (Å²) in [7, 11) is 0. The Kier molecular flexibility index (Phi) is 49.0. The van der Waals surface area contributed by atoms with Crippen molar-refractivity contribution < 1.29 is 39.8 Å². The topological polar surface area (TPSA) is 149 Å². The molecule has 7 unspecified atom stereocenters. The van der Waals surface area contributed by atoms with Gasteiger partial charge >= 0.3 is 0 Å². The summed E-state index contributed by atoms with van der Waals surface area (Å²) >= 11 is 0. The van der Waals surface area contributed by atoms with E-state index in [1.807, 2.05) is 6.08 Å². The van der Waals surface area contributed by atoms with Gasteiger partial charge in [0.1, 0.15) is 24.4 Å². The molecule has 1 saturated heterocycles. The molecule has 0 saturated carbocycles. The number of rotatable bonds is 50.